The number of hydrogen-bond donors (Lipinski definition) is 0. The smallest absolute Gasteiger partial charge is 0.271 e. The van der Waals surface area contributed by atoms with Crippen LogP contribution in [-0.2, 0) is 6.42 Å². The lowest BCUT2D eigenvalue weighted by Crippen LogP contribution is -2.38. The summed E-state index contributed by atoms with van der Waals surface area (Å²) < 4.78 is 9.51. The minimum absolute atomic E-state index is 0.0939. The third-order valence-corrected chi connectivity index (χ3v) is 9.35. The summed E-state index contributed by atoms with van der Waals surface area (Å²) in [6.07, 6.45) is 3.54. The van der Waals surface area contributed by atoms with Crippen LogP contribution in [0.2, 0.25) is 5.02 Å². The molecule has 2 aliphatic rings. The molecule has 1 aliphatic carbocycles. The highest BCUT2D eigenvalue weighted by Crippen LogP contribution is 2.42. The van der Waals surface area contributed by atoms with Gasteiger partial charge in [0.1, 0.15) is 11.5 Å². The number of nitrogens with zero attached hydrogens (tertiary/aromatic N) is 2. The lowest BCUT2D eigenvalue weighted by Gasteiger charge is -2.31. The van der Waals surface area contributed by atoms with Gasteiger partial charge >= 0.3 is 0 Å². The summed E-state index contributed by atoms with van der Waals surface area (Å²) in [6, 6.07) is 25.9. The first-order valence-electron chi connectivity index (χ1n) is 12.7. The van der Waals surface area contributed by atoms with Crippen LogP contribution in [0, 0.1) is 6.92 Å². The highest BCUT2D eigenvalue weighted by Gasteiger charge is 2.33. The van der Waals surface area contributed by atoms with Crippen LogP contribution in [-0.4, -0.2) is 4.57 Å². The average molecular weight is 614 g/mol. The van der Waals surface area contributed by atoms with Crippen LogP contribution >= 0.6 is 38.9 Å². The van der Waals surface area contributed by atoms with E-state index in [1.807, 2.05) is 66.1 Å². The first-order chi connectivity index (χ1) is 19.0. The standard InChI is InChI=1S/C32H22BrClN2O2S/c1-18-10-13-22(25(33)16-18)27-15-12-20(38-27)17-28-31(37)36-30(23-8-4-5-9-26(23)34)24-14-11-19-6-2-3-7-21(19)29(24)35-32(36)39-28/h2-10,12-13,15-17,30H,11,14H2,1H3/b28-17-/t30-/m0/s1. The Morgan fingerprint density at radius 1 is 1.03 bits per heavy atom. The highest BCUT2D eigenvalue weighted by atomic mass is 79.9. The van der Waals surface area contributed by atoms with E-state index < -0.39 is 0 Å². The van der Waals surface area contributed by atoms with E-state index in [2.05, 4.69) is 46.3 Å². The number of furan rings is 1. The molecule has 7 rings (SSSR count). The molecule has 2 aromatic heterocycles. The molecule has 3 aromatic carbocycles. The normalized spacial score (nSPS) is 16.5. The van der Waals surface area contributed by atoms with Gasteiger partial charge in [-0.15, -0.1) is 0 Å². The van der Waals surface area contributed by atoms with Gasteiger partial charge < -0.3 is 4.42 Å². The zero-order chi connectivity index (χ0) is 26.7. The van der Waals surface area contributed by atoms with Gasteiger partial charge in [0.25, 0.3) is 5.56 Å². The van der Waals surface area contributed by atoms with E-state index >= 15 is 0 Å². The fraction of sp³-hybridized carbons (Fsp3) is 0.125. The summed E-state index contributed by atoms with van der Waals surface area (Å²) in [7, 11) is 0. The zero-order valence-corrected chi connectivity index (χ0v) is 24.1. The molecule has 3 heterocycles. The first-order valence-corrected chi connectivity index (χ1v) is 14.7. The van der Waals surface area contributed by atoms with Gasteiger partial charge in [-0.1, -0.05) is 87.4 Å². The Hall–Kier alpha value is -3.45. The molecule has 0 unspecified atom stereocenters. The molecule has 192 valence electrons. The molecule has 0 N–H and O–H groups in total. The summed E-state index contributed by atoms with van der Waals surface area (Å²) in [4.78, 5) is 19.7. The van der Waals surface area contributed by atoms with Crippen LogP contribution in [0.3, 0.4) is 0 Å². The minimum atomic E-state index is -0.309. The minimum Gasteiger partial charge on any atom is -0.457 e. The summed E-state index contributed by atoms with van der Waals surface area (Å²) in [5, 5.41) is 0.643. The van der Waals surface area contributed by atoms with Gasteiger partial charge in [0, 0.05) is 26.7 Å². The monoisotopic (exact) mass is 612 g/mol. The Bertz CT molecular complexity index is 2000. The van der Waals surface area contributed by atoms with Crippen molar-refractivity contribution < 1.29 is 4.42 Å². The molecule has 0 bridgehead atoms. The summed E-state index contributed by atoms with van der Waals surface area (Å²) >= 11 is 11.8. The fourth-order valence-corrected chi connectivity index (χ4v) is 7.43. The Kier molecular flexibility index (Phi) is 6.07. The van der Waals surface area contributed by atoms with E-state index in [1.54, 1.807) is 0 Å². The average Bonchev–Trinajstić information content (AvgIpc) is 3.52. The first kappa shape index (κ1) is 24.6. The van der Waals surface area contributed by atoms with Gasteiger partial charge in [0.05, 0.1) is 16.3 Å². The molecule has 7 heteroatoms. The number of aromatic nitrogens is 1. The van der Waals surface area contributed by atoms with Crippen LogP contribution in [0.5, 0.6) is 0 Å². The molecule has 0 amide bonds. The van der Waals surface area contributed by atoms with Crippen molar-refractivity contribution in [2.24, 2.45) is 4.99 Å². The maximum absolute atomic E-state index is 14.0. The van der Waals surface area contributed by atoms with Crippen molar-refractivity contribution in [3.8, 4) is 11.3 Å². The molecule has 0 spiro atoms. The van der Waals surface area contributed by atoms with Gasteiger partial charge in [-0.3, -0.25) is 9.36 Å². The summed E-state index contributed by atoms with van der Waals surface area (Å²) in [5.41, 5.74) is 7.45. The molecule has 0 saturated heterocycles. The molecule has 1 aliphatic heterocycles. The van der Waals surface area contributed by atoms with Crippen molar-refractivity contribution in [3.05, 3.63) is 142 Å². The number of fused-ring (bicyclic) bond motifs is 3. The number of hydrogen-bond acceptors (Lipinski definition) is 4. The molecule has 4 nitrogen and oxygen atoms in total. The van der Waals surface area contributed by atoms with Crippen molar-refractivity contribution in [2.45, 2.75) is 25.8 Å². The van der Waals surface area contributed by atoms with Gasteiger partial charge in [0.2, 0.25) is 0 Å². The molecule has 0 radical (unpaired) electrons. The molecule has 0 fully saturated rings. The van der Waals surface area contributed by atoms with E-state index in [0.29, 0.717) is 20.1 Å². The van der Waals surface area contributed by atoms with Gasteiger partial charge in [-0.05, 0) is 72.4 Å². The Morgan fingerprint density at radius 3 is 2.69 bits per heavy atom. The molecular formula is C32H22BrClN2O2S. The van der Waals surface area contributed by atoms with Crippen LogP contribution in [0.1, 0.15) is 40.5 Å². The van der Waals surface area contributed by atoms with Gasteiger partial charge in [-0.2, -0.15) is 0 Å². The zero-order valence-electron chi connectivity index (χ0n) is 20.9. The SMILES string of the molecule is Cc1ccc(-c2ccc(/C=c3\sc4n(c3=O)[C@@H](c3ccccc3Cl)C3=C(N=4)c4ccccc4CC3)o2)c(Br)c1. The Labute approximate surface area is 242 Å². The van der Waals surface area contributed by atoms with E-state index in [4.69, 9.17) is 21.0 Å². The quantitative estimate of drug-likeness (QED) is 0.214. The molecule has 39 heavy (non-hydrogen) atoms. The number of halogens is 2. The number of benzene rings is 3. The molecule has 1 atom stereocenters. The second-order valence-electron chi connectivity index (χ2n) is 9.82. The third kappa shape index (κ3) is 4.18. The number of allylic oxidation sites excluding steroid dienone is 1. The van der Waals surface area contributed by atoms with Crippen LogP contribution in [0.4, 0.5) is 0 Å². The van der Waals surface area contributed by atoms with Crippen LogP contribution in [0.25, 0.3) is 23.1 Å². The topological polar surface area (TPSA) is 47.5 Å². The van der Waals surface area contributed by atoms with E-state index in [-0.39, 0.29) is 11.6 Å². The van der Waals surface area contributed by atoms with Crippen molar-refractivity contribution in [1.29, 1.82) is 0 Å². The van der Waals surface area contributed by atoms with Crippen molar-refractivity contribution in [3.63, 3.8) is 0 Å². The van der Waals surface area contributed by atoms with Crippen molar-refractivity contribution in [2.75, 3.05) is 0 Å². The number of aryl methyl sites for hydroxylation is 2. The third-order valence-electron chi connectivity index (χ3n) is 7.36. The van der Waals surface area contributed by atoms with Gasteiger partial charge in [-0.25, -0.2) is 4.99 Å². The van der Waals surface area contributed by atoms with Crippen LogP contribution < -0.4 is 14.9 Å². The number of thiazole rings is 1. The lowest BCUT2D eigenvalue weighted by atomic mass is 9.83. The predicted molar refractivity (Wildman–Crippen MR) is 161 cm³/mol. The maximum Gasteiger partial charge on any atom is 0.271 e. The molecule has 5 aromatic rings. The fourth-order valence-electron chi connectivity index (χ4n) is 5.52. The molecular weight excluding hydrogens is 592 g/mol. The second kappa shape index (κ2) is 9.63. The largest absolute Gasteiger partial charge is 0.457 e. The van der Waals surface area contributed by atoms with Gasteiger partial charge in [0.15, 0.2) is 4.80 Å². The van der Waals surface area contributed by atoms with Crippen molar-refractivity contribution in [1.82, 2.24) is 4.57 Å². The van der Waals surface area contributed by atoms with Crippen molar-refractivity contribution >= 4 is 50.6 Å². The lowest BCUT2D eigenvalue weighted by molar-refractivity contribution is 0.570. The molecule has 0 saturated carbocycles. The van der Waals surface area contributed by atoms with E-state index in [0.717, 1.165) is 56.6 Å². The summed E-state index contributed by atoms with van der Waals surface area (Å²) in [5.74, 6) is 1.35. The van der Waals surface area contributed by atoms with E-state index in [1.165, 1.54) is 16.9 Å². The highest BCUT2D eigenvalue weighted by molar-refractivity contribution is 9.10. The van der Waals surface area contributed by atoms with E-state index in [9.17, 15) is 4.79 Å². The summed E-state index contributed by atoms with van der Waals surface area (Å²) in [6.45, 7) is 2.05. The Morgan fingerprint density at radius 2 is 1.85 bits per heavy atom. The second-order valence-corrected chi connectivity index (χ2v) is 12.1. The van der Waals surface area contributed by atoms with Crippen LogP contribution in [0.15, 0.2) is 103 Å². The predicted octanol–water partition coefficient (Wildman–Crippen LogP) is 7.30. The Balaban J connectivity index is 1.41. The maximum atomic E-state index is 14.0. The number of rotatable bonds is 3.